The van der Waals surface area contributed by atoms with E-state index in [9.17, 15) is 0 Å². The fraction of sp³-hybridized carbons (Fsp3) is 0.353. The predicted molar refractivity (Wildman–Crippen MR) is 85.3 cm³/mol. The number of rotatable bonds is 5. The summed E-state index contributed by atoms with van der Waals surface area (Å²) >= 11 is 0. The average molecular weight is 269 g/mol. The van der Waals surface area contributed by atoms with Crippen LogP contribution in [0.1, 0.15) is 29.7 Å². The Labute approximate surface area is 121 Å². The van der Waals surface area contributed by atoms with E-state index in [0.717, 1.165) is 6.54 Å². The highest BCUT2D eigenvalue weighted by atomic mass is 15.1. The molecule has 1 heterocycles. The van der Waals surface area contributed by atoms with E-state index < -0.39 is 0 Å². The molecule has 0 radical (unpaired) electrons. The number of anilines is 1. The van der Waals surface area contributed by atoms with E-state index in [0.29, 0.717) is 0 Å². The van der Waals surface area contributed by atoms with E-state index in [1.807, 2.05) is 12.4 Å². The number of aryl methyl sites for hydroxylation is 1. The Morgan fingerprint density at radius 2 is 1.85 bits per heavy atom. The van der Waals surface area contributed by atoms with Crippen LogP contribution in [0.2, 0.25) is 0 Å². The summed E-state index contributed by atoms with van der Waals surface area (Å²) in [4.78, 5) is 6.38. The van der Waals surface area contributed by atoms with Crippen molar-refractivity contribution in [3.05, 3.63) is 59.4 Å². The molecule has 1 aromatic carbocycles. The molecule has 0 aliphatic carbocycles. The van der Waals surface area contributed by atoms with Crippen LogP contribution in [-0.4, -0.2) is 25.6 Å². The van der Waals surface area contributed by atoms with Gasteiger partial charge in [-0.05, 0) is 48.4 Å². The zero-order chi connectivity index (χ0) is 14.5. The zero-order valence-corrected chi connectivity index (χ0v) is 12.7. The van der Waals surface area contributed by atoms with Gasteiger partial charge >= 0.3 is 0 Å². The Bertz CT molecular complexity index is 546. The zero-order valence-electron chi connectivity index (χ0n) is 12.7. The van der Waals surface area contributed by atoms with Crippen molar-refractivity contribution in [1.29, 1.82) is 0 Å². The Morgan fingerprint density at radius 1 is 1.15 bits per heavy atom. The van der Waals surface area contributed by atoms with E-state index in [4.69, 9.17) is 0 Å². The number of aromatic nitrogens is 1. The van der Waals surface area contributed by atoms with Crippen molar-refractivity contribution in [3.8, 4) is 0 Å². The smallest absolute Gasteiger partial charge is 0.0594 e. The number of hydrogen-bond donors (Lipinski definition) is 1. The Morgan fingerprint density at radius 3 is 2.40 bits per heavy atom. The topological polar surface area (TPSA) is 28.2 Å². The van der Waals surface area contributed by atoms with Gasteiger partial charge in [-0.3, -0.25) is 4.98 Å². The van der Waals surface area contributed by atoms with Gasteiger partial charge in [-0.1, -0.05) is 19.1 Å². The molecule has 20 heavy (non-hydrogen) atoms. The van der Waals surface area contributed by atoms with Gasteiger partial charge in [0.05, 0.1) is 6.04 Å². The average Bonchev–Trinajstić information content (AvgIpc) is 2.46. The number of pyridine rings is 1. The summed E-state index contributed by atoms with van der Waals surface area (Å²) in [6.07, 6.45) is 3.81. The van der Waals surface area contributed by atoms with Crippen molar-refractivity contribution < 1.29 is 0 Å². The number of benzene rings is 1. The van der Waals surface area contributed by atoms with Crippen LogP contribution in [0.5, 0.6) is 0 Å². The first kappa shape index (κ1) is 14.5. The number of nitrogens with one attached hydrogen (secondary N) is 1. The van der Waals surface area contributed by atoms with Crippen LogP contribution in [0.4, 0.5) is 5.69 Å². The maximum Gasteiger partial charge on any atom is 0.0594 e. The van der Waals surface area contributed by atoms with Crippen LogP contribution in [-0.2, 0) is 0 Å². The lowest BCUT2D eigenvalue weighted by molar-refractivity contribution is 0.625. The van der Waals surface area contributed by atoms with E-state index >= 15 is 0 Å². The number of nitrogens with zero attached hydrogens (tertiary/aromatic N) is 2. The molecule has 3 heteroatoms. The lowest BCUT2D eigenvalue weighted by Gasteiger charge is -2.21. The van der Waals surface area contributed by atoms with Crippen LogP contribution in [0.3, 0.4) is 0 Å². The first-order chi connectivity index (χ1) is 9.63. The molecular formula is C17H23N3. The van der Waals surface area contributed by atoms with Crippen molar-refractivity contribution in [1.82, 2.24) is 10.3 Å². The van der Waals surface area contributed by atoms with Gasteiger partial charge in [-0.15, -0.1) is 0 Å². The molecule has 0 fully saturated rings. The minimum atomic E-state index is 0.199. The second kappa shape index (κ2) is 6.53. The molecule has 2 rings (SSSR count). The van der Waals surface area contributed by atoms with Gasteiger partial charge in [0.15, 0.2) is 0 Å². The first-order valence-electron chi connectivity index (χ1n) is 7.04. The van der Waals surface area contributed by atoms with E-state index in [1.165, 1.54) is 22.4 Å². The van der Waals surface area contributed by atoms with Crippen LogP contribution in [0.15, 0.2) is 42.7 Å². The van der Waals surface area contributed by atoms with Crippen molar-refractivity contribution >= 4 is 5.69 Å². The Kier molecular flexibility index (Phi) is 4.74. The van der Waals surface area contributed by atoms with Crippen molar-refractivity contribution in [2.45, 2.75) is 19.9 Å². The van der Waals surface area contributed by atoms with Gasteiger partial charge in [0.1, 0.15) is 0 Å². The van der Waals surface area contributed by atoms with E-state index in [2.05, 4.69) is 73.5 Å². The fourth-order valence-corrected chi connectivity index (χ4v) is 2.35. The van der Waals surface area contributed by atoms with Gasteiger partial charge in [0, 0.05) is 32.2 Å². The third kappa shape index (κ3) is 3.17. The molecule has 0 amide bonds. The highest BCUT2D eigenvalue weighted by Crippen LogP contribution is 2.25. The molecule has 0 spiro atoms. The van der Waals surface area contributed by atoms with Gasteiger partial charge < -0.3 is 10.2 Å². The lowest BCUT2D eigenvalue weighted by Crippen LogP contribution is -2.23. The van der Waals surface area contributed by atoms with E-state index in [-0.39, 0.29) is 6.04 Å². The van der Waals surface area contributed by atoms with Crippen molar-refractivity contribution in [2.24, 2.45) is 0 Å². The van der Waals surface area contributed by atoms with Crippen molar-refractivity contribution in [2.75, 3.05) is 25.5 Å². The Hall–Kier alpha value is -1.87. The highest BCUT2D eigenvalue weighted by molar-refractivity contribution is 5.48. The molecule has 0 saturated carbocycles. The quantitative estimate of drug-likeness (QED) is 0.903. The highest BCUT2D eigenvalue weighted by Gasteiger charge is 2.15. The largest absolute Gasteiger partial charge is 0.378 e. The molecule has 0 aliphatic rings. The summed E-state index contributed by atoms with van der Waals surface area (Å²) in [6.45, 7) is 5.19. The minimum Gasteiger partial charge on any atom is -0.378 e. The van der Waals surface area contributed by atoms with Gasteiger partial charge in [0.25, 0.3) is 0 Å². The SMILES string of the molecule is CCNC(c1ccc(N(C)C)cc1)c1cnccc1C. The molecule has 1 unspecified atom stereocenters. The van der Waals surface area contributed by atoms with Crippen LogP contribution < -0.4 is 10.2 Å². The first-order valence-corrected chi connectivity index (χ1v) is 7.04. The molecule has 0 aliphatic heterocycles. The van der Waals surface area contributed by atoms with Crippen LogP contribution in [0, 0.1) is 6.92 Å². The summed E-state index contributed by atoms with van der Waals surface area (Å²) in [5.74, 6) is 0. The summed E-state index contributed by atoms with van der Waals surface area (Å²) in [6, 6.07) is 11.0. The monoisotopic (exact) mass is 269 g/mol. The molecule has 2 aromatic rings. The van der Waals surface area contributed by atoms with Gasteiger partial charge in [-0.25, -0.2) is 0 Å². The Balaban J connectivity index is 2.36. The van der Waals surface area contributed by atoms with Crippen LogP contribution >= 0.6 is 0 Å². The summed E-state index contributed by atoms with van der Waals surface area (Å²) in [7, 11) is 4.12. The summed E-state index contributed by atoms with van der Waals surface area (Å²) < 4.78 is 0. The molecule has 0 saturated heterocycles. The van der Waals surface area contributed by atoms with Gasteiger partial charge in [0.2, 0.25) is 0 Å². The molecule has 1 N–H and O–H groups in total. The molecular weight excluding hydrogens is 246 g/mol. The number of hydrogen-bond acceptors (Lipinski definition) is 3. The normalized spacial score (nSPS) is 12.2. The van der Waals surface area contributed by atoms with Gasteiger partial charge in [-0.2, -0.15) is 0 Å². The standard InChI is InChI=1S/C17H23N3/c1-5-19-17(16-12-18-11-10-13(16)2)14-6-8-15(9-7-14)20(3)4/h6-12,17,19H,5H2,1-4H3. The molecule has 1 atom stereocenters. The fourth-order valence-electron chi connectivity index (χ4n) is 2.35. The molecule has 3 nitrogen and oxygen atoms in total. The third-order valence-electron chi connectivity index (χ3n) is 3.54. The predicted octanol–water partition coefficient (Wildman–Crippen LogP) is 3.15. The molecule has 1 aromatic heterocycles. The maximum absolute atomic E-state index is 4.27. The molecule has 106 valence electrons. The molecule has 0 bridgehead atoms. The van der Waals surface area contributed by atoms with Crippen LogP contribution in [0.25, 0.3) is 0 Å². The summed E-state index contributed by atoms with van der Waals surface area (Å²) in [5.41, 5.74) is 5.00. The van der Waals surface area contributed by atoms with Crippen molar-refractivity contribution in [3.63, 3.8) is 0 Å². The lowest BCUT2D eigenvalue weighted by atomic mass is 9.96. The minimum absolute atomic E-state index is 0.199. The maximum atomic E-state index is 4.27. The third-order valence-corrected chi connectivity index (χ3v) is 3.54. The second-order valence-electron chi connectivity index (χ2n) is 5.21. The summed E-state index contributed by atoms with van der Waals surface area (Å²) in [5, 5.41) is 3.55. The second-order valence-corrected chi connectivity index (χ2v) is 5.21. The van der Waals surface area contributed by atoms with E-state index in [1.54, 1.807) is 0 Å².